The number of anilines is 1. The predicted octanol–water partition coefficient (Wildman–Crippen LogP) is 1.82. The number of pyridine rings is 1. The van der Waals surface area contributed by atoms with Crippen LogP contribution in [0.15, 0.2) is 18.3 Å². The summed E-state index contributed by atoms with van der Waals surface area (Å²) >= 11 is 5.86. The van der Waals surface area contributed by atoms with Gasteiger partial charge in [0.25, 0.3) is 0 Å². The van der Waals surface area contributed by atoms with Crippen LogP contribution in [0.2, 0.25) is 0 Å². The summed E-state index contributed by atoms with van der Waals surface area (Å²) in [6.45, 7) is 1.96. The topological polar surface area (TPSA) is 19.4 Å². The minimum absolute atomic E-state index is 0.509. The Balaban J connectivity index is 2.68. The van der Waals surface area contributed by atoms with Crippen molar-refractivity contribution in [3.05, 3.63) is 23.9 Å². The molecule has 3 nitrogen and oxygen atoms in total. The number of hydrogen-bond acceptors (Lipinski definition) is 3. The highest BCUT2D eigenvalue weighted by atomic mass is 35.5. The lowest BCUT2D eigenvalue weighted by Gasteiger charge is -2.22. The van der Waals surface area contributed by atoms with Gasteiger partial charge in [0, 0.05) is 31.9 Å². The van der Waals surface area contributed by atoms with Crippen molar-refractivity contribution in [2.24, 2.45) is 0 Å². The van der Waals surface area contributed by atoms with Crippen molar-refractivity contribution in [1.82, 2.24) is 9.88 Å². The Kier molecular flexibility index (Phi) is 4.85. The van der Waals surface area contributed by atoms with E-state index < -0.39 is 0 Å². The van der Waals surface area contributed by atoms with Gasteiger partial charge in [-0.3, -0.25) is 0 Å². The average molecular weight is 228 g/mol. The molecule has 0 aromatic carbocycles. The Hall–Kier alpha value is -0.800. The number of nitrogens with zero attached hydrogens (tertiary/aromatic N) is 3. The summed E-state index contributed by atoms with van der Waals surface area (Å²) in [5.41, 5.74) is 1.08. The molecule has 0 bridgehead atoms. The van der Waals surface area contributed by atoms with Crippen LogP contribution < -0.4 is 4.90 Å². The molecule has 1 aromatic rings. The Morgan fingerprint density at radius 3 is 2.60 bits per heavy atom. The first-order valence-corrected chi connectivity index (χ1v) is 5.54. The van der Waals surface area contributed by atoms with Crippen LogP contribution in [-0.4, -0.2) is 44.1 Å². The fourth-order valence-corrected chi connectivity index (χ4v) is 1.54. The van der Waals surface area contributed by atoms with Gasteiger partial charge in [0.15, 0.2) is 0 Å². The van der Waals surface area contributed by atoms with E-state index >= 15 is 0 Å². The summed E-state index contributed by atoms with van der Waals surface area (Å²) in [5.74, 6) is 1.49. The molecule has 0 spiro atoms. The molecule has 84 valence electrons. The molecule has 0 aliphatic rings. The zero-order valence-corrected chi connectivity index (χ0v) is 10.3. The molecule has 1 aromatic heterocycles. The number of aromatic nitrogens is 1. The summed E-state index contributed by atoms with van der Waals surface area (Å²) in [7, 11) is 6.17. The Morgan fingerprint density at radius 1 is 1.27 bits per heavy atom. The number of hydrogen-bond donors (Lipinski definition) is 0. The van der Waals surface area contributed by atoms with E-state index in [1.807, 2.05) is 19.2 Å². The second kappa shape index (κ2) is 5.93. The Labute approximate surface area is 96.7 Å². The van der Waals surface area contributed by atoms with E-state index in [4.69, 9.17) is 11.6 Å². The molecule has 0 radical (unpaired) electrons. The van der Waals surface area contributed by atoms with Gasteiger partial charge in [-0.05, 0) is 20.2 Å². The SMILES string of the molecule is CN(C)CCN(C)c1ncccc1CCl. The van der Waals surface area contributed by atoms with Crippen molar-refractivity contribution in [3.8, 4) is 0 Å². The highest BCUT2D eigenvalue weighted by molar-refractivity contribution is 6.17. The van der Waals surface area contributed by atoms with Crippen LogP contribution in [0.25, 0.3) is 0 Å². The lowest BCUT2D eigenvalue weighted by Crippen LogP contribution is -2.29. The van der Waals surface area contributed by atoms with E-state index in [0.29, 0.717) is 5.88 Å². The monoisotopic (exact) mass is 227 g/mol. The van der Waals surface area contributed by atoms with Crippen molar-refractivity contribution in [2.45, 2.75) is 5.88 Å². The maximum atomic E-state index is 5.86. The summed E-state index contributed by atoms with van der Waals surface area (Å²) in [6, 6.07) is 3.93. The smallest absolute Gasteiger partial charge is 0.132 e. The third-order valence-corrected chi connectivity index (χ3v) is 2.54. The Morgan fingerprint density at radius 2 is 2.00 bits per heavy atom. The largest absolute Gasteiger partial charge is 0.358 e. The maximum Gasteiger partial charge on any atom is 0.132 e. The van der Waals surface area contributed by atoms with E-state index in [-0.39, 0.29) is 0 Å². The molecule has 0 aliphatic carbocycles. The molecule has 1 heterocycles. The van der Waals surface area contributed by atoms with Crippen LogP contribution in [0.5, 0.6) is 0 Å². The van der Waals surface area contributed by atoms with Crippen LogP contribution in [0.1, 0.15) is 5.56 Å². The van der Waals surface area contributed by atoms with Crippen LogP contribution in [-0.2, 0) is 5.88 Å². The van der Waals surface area contributed by atoms with Gasteiger partial charge < -0.3 is 9.80 Å². The van der Waals surface area contributed by atoms with Gasteiger partial charge in [0.2, 0.25) is 0 Å². The lowest BCUT2D eigenvalue weighted by molar-refractivity contribution is 0.416. The van der Waals surface area contributed by atoms with Gasteiger partial charge in [-0.1, -0.05) is 6.07 Å². The minimum atomic E-state index is 0.509. The first-order valence-electron chi connectivity index (χ1n) is 5.01. The van der Waals surface area contributed by atoms with Gasteiger partial charge in [-0.15, -0.1) is 11.6 Å². The minimum Gasteiger partial charge on any atom is -0.358 e. The van der Waals surface area contributed by atoms with E-state index in [1.165, 1.54) is 0 Å². The number of halogens is 1. The van der Waals surface area contributed by atoms with Crippen molar-refractivity contribution in [3.63, 3.8) is 0 Å². The van der Waals surface area contributed by atoms with Crippen LogP contribution >= 0.6 is 11.6 Å². The number of rotatable bonds is 5. The predicted molar refractivity (Wildman–Crippen MR) is 65.6 cm³/mol. The second-order valence-electron chi connectivity index (χ2n) is 3.84. The summed E-state index contributed by atoms with van der Waals surface area (Å²) in [5, 5.41) is 0. The molecular formula is C11H18ClN3. The Bertz CT molecular complexity index is 302. The average Bonchev–Trinajstić information content (AvgIpc) is 2.25. The number of likely N-dealkylation sites (N-methyl/N-ethyl adjacent to an activating group) is 2. The molecule has 0 atom stereocenters. The molecule has 15 heavy (non-hydrogen) atoms. The second-order valence-corrected chi connectivity index (χ2v) is 4.11. The van der Waals surface area contributed by atoms with E-state index in [9.17, 15) is 0 Å². The highest BCUT2D eigenvalue weighted by Gasteiger charge is 2.07. The van der Waals surface area contributed by atoms with Crippen molar-refractivity contribution >= 4 is 17.4 Å². The lowest BCUT2D eigenvalue weighted by atomic mass is 10.2. The maximum absolute atomic E-state index is 5.86. The van der Waals surface area contributed by atoms with Crippen LogP contribution in [0.4, 0.5) is 5.82 Å². The van der Waals surface area contributed by atoms with E-state index in [2.05, 4.69) is 28.9 Å². The van der Waals surface area contributed by atoms with Crippen molar-refractivity contribution < 1.29 is 0 Å². The number of alkyl halides is 1. The quantitative estimate of drug-likeness (QED) is 0.716. The van der Waals surface area contributed by atoms with Gasteiger partial charge in [0.05, 0.1) is 5.88 Å². The third-order valence-electron chi connectivity index (χ3n) is 2.26. The summed E-state index contributed by atoms with van der Waals surface area (Å²) < 4.78 is 0. The molecule has 0 N–H and O–H groups in total. The molecule has 0 amide bonds. The van der Waals surface area contributed by atoms with Crippen LogP contribution in [0, 0.1) is 0 Å². The molecule has 4 heteroatoms. The molecule has 0 unspecified atom stereocenters. The normalized spacial score (nSPS) is 10.7. The molecule has 0 saturated carbocycles. The van der Waals surface area contributed by atoms with Gasteiger partial charge in [0.1, 0.15) is 5.82 Å². The van der Waals surface area contributed by atoms with Gasteiger partial charge >= 0.3 is 0 Å². The highest BCUT2D eigenvalue weighted by Crippen LogP contribution is 2.17. The molecule has 0 saturated heterocycles. The van der Waals surface area contributed by atoms with E-state index in [1.54, 1.807) is 6.20 Å². The molecule has 0 fully saturated rings. The summed E-state index contributed by atoms with van der Waals surface area (Å²) in [6.07, 6.45) is 1.80. The zero-order chi connectivity index (χ0) is 11.3. The van der Waals surface area contributed by atoms with Crippen LogP contribution in [0.3, 0.4) is 0 Å². The third kappa shape index (κ3) is 3.68. The van der Waals surface area contributed by atoms with Gasteiger partial charge in [-0.2, -0.15) is 0 Å². The first-order chi connectivity index (χ1) is 7.15. The first kappa shape index (κ1) is 12.3. The molecular weight excluding hydrogens is 210 g/mol. The fraction of sp³-hybridized carbons (Fsp3) is 0.545. The fourth-order valence-electron chi connectivity index (χ4n) is 1.33. The van der Waals surface area contributed by atoms with Crippen molar-refractivity contribution in [2.75, 3.05) is 39.1 Å². The van der Waals surface area contributed by atoms with Crippen molar-refractivity contribution in [1.29, 1.82) is 0 Å². The molecule has 1 rings (SSSR count). The standard InChI is InChI=1S/C11H18ClN3/c1-14(2)7-8-15(3)11-10(9-12)5-4-6-13-11/h4-6H,7-9H2,1-3H3. The molecule has 0 aliphatic heterocycles. The summed E-state index contributed by atoms with van der Waals surface area (Å²) in [4.78, 5) is 8.64. The van der Waals surface area contributed by atoms with E-state index in [0.717, 1.165) is 24.5 Å². The zero-order valence-electron chi connectivity index (χ0n) is 9.57. The van der Waals surface area contributed by atoms with Gasteiger partial charge in [-0.25, -0.2) is 4.98 Å².